The third-order valence-electron chi connectivity index (χ3n) is 10.6. The molecule has 0 N–H and O–H groups in total. The Morgan fingerprint density at radius 2 is 0.311 bits per heavy atom. The number of rotatable bonds is 13. The van der Waals surface area contributed by atoms with Crippen molar-refractivity contribution in [2.45, 2.75) is 0 Å². The molecule has 61 heavy (non-hydrogen) atoms. The largest absolute Gasteiger partial charge is 0.311 e. The van der Waals surface area contributed by atoms with E-state index >= 15 is 0 Å². The van der Waals surface area contributed by atoms with E-state index in [1.165, 1.54) is 0 Å². The number of hydrogen-bond donors (Lipinski definition) is 0. The van der Waals surface area contributed by atoms with Gasteiger partial charge >= 0.3 is 0 Å². The molecule has 0 atom stereocenters. The summed E-state index contributed by atoms with van der Waals surface area (Å²) < 4.78 is 0. The van der Waals surface area contributed by atoms with E-state index in [2.05, 4.69) is 288 Å². The lowest BCUT2D eigenvalue weighted by molar-refractivity contribution is 1.28. The first kappa shape index (κ1) is 38.4. The second kappa shape index (κ2) is 18.6. The van der Waals surface area contributed by atoms with Crippen molar-refractivity contribution in [2.24, 2.45) is 0 Å². The number of hydrogen-bond acceptors (Lipinski definition) is 3. The zero-order chi connectivity index (χ0) is 41.1. The van der Waals surface area contributed by atoms with Gasteiger partial charge in [0.2, 0.25) is 0 Å². The summed E-state index contributed by atoms with van der Waals surface area (Å²) in [6, 6.07) is 87.5. The van der Waals surface area contributed by atoms with Gasteiger partial charge in [-0.2, -0.15) is 0 Å². The van der Waals surface area contributed by atoms with Gasteiger partial charge < -0.3 is 14.7 Å². The van der Waals surface area contributed by atoms with Gasteiger partial charge in [-0.1, -0.05) is 164 Å². The Morgan fingerprint density at radius 3 is 0.475 bits per heavy atom. The highest BCUT2D eigenvalue weighted by Gasteiger charge is 2.14. The van der Waals surface area contributed by atoms with E-state index in [-0.39, 0.29) is 0 Å². The van der Waals surface area contributed by atoms with Crippen LogP contribution < -0.4 is 14.7 Å². The summed E-state index contributed by atoms with van der Waals surface area (Å²) in [5, 5.41) is 0. The maximum atomic E-state index is 2.30. The van der Waals surface area contributed by atoms with Crippen molar-refractivity contribution in [3.63, 3.8) is 0 Å². The van der Waals surface area contributed by atoms with Crippen LogP contribution in [-0.2, 0) is 0 Å². The molecule has 0 fully saturated rings. The van der Waals surface area contributed by atoms with E-state index in [1.54, 1.807) is 0 Å². The summed E-state index contributed by atoms with van der Waals surface area (Å²) in [6.07, 6.45) is 8.70. The van der Waals surface area contributed by atoms with Gasteiger partial charge in [0.1, 0.15) is 0 Å². The normalized spacial score (nSPS) is 11.1. The molecule has 0 amide bonds. The molecule has 0 bridgehead atoms. The van der Waals surface area contributed by atoms with Crippen LogP contribution in [0, 0.1) is 0 Å². The predicted molar refractivity (Wildman–Crippen MR) is 261 cm³/mol. The number of para-hydroxylation sites is 5. The van der Waals surface area contributed by atoms with Crippen molar-refractivity contribution in [1.82, 2.24) is 0 Å². The summed E-state index contributed by atoms with van der Waals surface area (Å²) in [4.78, 5) is 6.86. The van der Waals surface area contributed by atoms with Crippen LogP contribution in [0.4, 0.5) is 51.2 Å². The molecule has 9 rings (SSSR count). The second-order valence-corrected chi connectivity index (χ2v) is 14.7. The van der Waals surface area contributed by atoms with Gasteiger partial charge in [0.25, 0.3) is 0 Å². The first-order valence-electron chi connectivity index (χ1n) is 20.7. The number of nitrogens with zero attached hydrogens (tertiary/aromatic N) is 3. The molecular weight excluding hydrogens is 739 g/mol. The predicted octanol–water partition coefficient (Wildman–Crippen LogP) is 16.4. The second-order valence-electron chi connectivity index (χ2n) is 14.7. The van der Waals surface area contributed by atoms with Crippen LogP contribution >= 0.6 is 0 Å². The molecule has 9 aromatic rings. The number of anilines is 9. The molecule has 0 aliphatic heterocycles. The molecule has 0 saturated carbocycles. The van der Waals surface area contributed by atoms with Crippen molar-refractivity contribution in [2.75, 3.05) is 14.7 Å². The van der Waals surface area contributed by atoms with Crippen LogP contribution in [0.25, 0.3) is 24.3 Å². The average Bonchev–Trinajstić information content (AvgIpc) is 3.34. The zero-order valence-corrected chi connectivity index (χ0v) is 33.8. The number of benzene rings is 9. The fourth-order valence-corrected chi connectivity index (χ4v) is 7.55. The molecule has 0 aliphatic carbocycles. The van der Waals surface area contributed by atoms with Gasteiger partial charge in [-0.05, 0) is 131 Å². The highest BCUT2D eigenvalue weighted by Crippen LogP contribution is 2.37. The van der Waals surface area contributed by atoms with Crippen molar-refractivity contribution in [3.05, 3.63) is 271 Å². The molecule has 0 aliphatic rings. The molecule has 0 radical (unpaired) electrons. The van der Waals surface area contributed by atoms with Crippen LogP contribution in [0.3, 0.4) is 0 Å². The maximum absolute atomic E-state index is 2.30. The fourth-order valence-electron chi connectivity index (χ4n) is 7.55. The molecular formula is C58H45N3. The van der Waals surface area contributed by atoms with E-state index in [4.69, 9.17) is 0 Å². The minimum Gasteiger partial charge on any atom is -0.311 e. The lowest BCUT2D eigenvalue weighted by atomic mass is 10.1. The minimum atomic E-state index is 1.10. The Kier molecular flexibility index (Phi) is 11.7. The SMILES string of the molecule is C(=Cc1ccc(N(c2ccccc2)c2ccc(C=Cc3ccc(N(c4ccccc4)c4ccccc4)cc3)cc2)cc1)c1ccc(N(c2ccccc2)c2ccccc2)cc1. The van der Waals surface area contributed by atoms with Crippen LogP contribution in [0.5, 0.6) is 0 Å². The first-order valence-corrected chi connectivity index (χ1v) is 20.7. The topological polar surface area (TPSA) is 9.72 Å². The van der Waals surface area contributed by atoms with Gasteiger partial charge in [0, 0.05) is 51.2 Å². The summed E-state index contributed by atoms with van der Waals surface area (Å²) in [5.74, 6) is 0. The van der Waals surface area contributed by atoms with E-state index in [0.29, 0.717) is 0 Å². The highest BCUT2D eigenvalue weighted by atomic mass is 15.2. The molecule has 0 aromatic heterocycles. The Morgan fingerprint density at radius 1 is 0.164 bits per heavy atom. The molecule has 0 spiro atoms. The molecule has 292 valence electrons. The summed E-state index contributed by atoms with van der Waals surface area (Å²) in [6.45, 7) is 0. The minimum absolute atomic E-state index is 1.10. The van der Waals surface area contributed by atoms with Gasteiger partial charge in [-0.15, -0.1) is 0 Å². The quantitative estimate of drug-likeness (QED) is 0.108. The highest BCUT2D eigenvalue weighted by molar-refractivity contribution is 5.82. The Labute approximate surface area is 359 Å². The third kappa shape index (κ3) is 9.28. The van der Waals surface area contributed by atoms with Gasteiger partial charge in [-0.25, -0.2) is 0 Å². The van der Waals surface area contributed by atoms with Gasteiger partial charge in [0.15, 0.2) is 0 Å². The fraction of sp³-hybridized carbons (Fsp3) is 0. The standard InChI is InChI=1S/C58H45N3/c1-6-16-50(17-7-1)59(51-18-8-2-9-19-51)55-38-30-46(31-39-55)26-28-48-34-42-57(43-35-48)61(54-24-14-5-15-25-54)58-44-36-49(37-45-58)29-27-47-32-40-56(41-33-47)60(52-20-10-3-11-21-52)53-22-12-4-13-23-53/h1-45H. The molecule has 0 saturated heterocycles. The van der Waals surface area contributed by atoms with Gasteiger partial charge in [-0.3, -0.25) is 0 Å². The van der Waals surface area contributed by atoms with Gasteiger partial charge in [0.05, 0.1) is 0 Å². The van der Waals surface area contributed by atoms with Crippen molar-refractivity contribution >= 4 is 75.5 Å². The lowest BCUT2D eigenvalue weighted by Gasteiger charge is -2.25. The molecule has 3 heteroatoms. The van der Waals surface area contributed by atoms with Crippen molar-refractivity contribution in [1.29, 1.82) is 0 Å². The first-order chi connectivity index (χ1) is 30.2. The maximum Gasteiger partial charge on any atom is 0.0462 e. The molecule has 0 heterocycles. The summed E-state index contributed by atoms with van der Waals surface area (Å²) in [7, 11) is 0. The zero-order valence-electron chi connectivity index (χ0n) is 33.8. The Hall–Kier alpha value is -8.14. The van der Waals surface area contributed by atoms with Crippen LogP contribution in [0.1, 0.15) is 22.3 Å². The smallest absolute Gasteiger partial charge is 0.0462 e. The van der Waals surface area contributed by atoms with Crippen molar-refractivity contribution in [3.8, 4) is 0 Å². The van der Waals surface area contributed by atoms with E-state index < -0.39 is 0 Å². The van der Waals surface area contributed by atoms with Crippen LogP contribution in [0.15, 0.2) is 249 Å². The molecule has 9 aromatic carbocycles. The summed E-state index contributed by atoms with van der Waals surface area (Å²) in [5.41, 5.74) is 14.6. The Balaban J connectivity index is 0.895. The molecule has 3 nitrogen and oxygen atoms in total. The van der Waals surface area contributed by atoms with Crippen molar-refractivity contribution < 1.29 is 0 Å². The summed E-state index contributed by atoms with van der Waals surface area (Å²) >= 11 is 0. The average molecular weight is 784 g/mol. The van der Waals surface area contributed by atoms with E-state index in [1.807, 2.05) is 0 Å². The lowest BCUT2D eigenvalue weighted by Crippen LogP contribution is -2.09. The molecule has 0 unspecified atom stereocenters. The monoisotopic (exact) mass is 783 g/mol. The van der Waals surface area contributed by atoms with E-state index in [0.717, 1.165) is 73.4 Å². The van der Waals surface area contributed by atoms with Crippen LogP contribution in [0.2, 0.25) is 0 Å². The Bertz CT molecular complexity index is 2530. The third-order valence-corrected chi connectivity index (χ3v) is 10.6. The van der Waals surface area contributed by atoms with E-state index in [9.17, 15) is 0 Å². The van der Waals surface area contributed by atoms with Crippen LogP contribution in [-0.4, -0.2) is 0 Å².